The molecule has 3 rings (SSSR count). The number of benzene rings is 2. The van der Waals surface area contributed by atoms with Crippen molar-refractivity contribution in [2.24, 2.45) is 0 Å². The van der Waals surface area contributed by atoms with Crippen molar-refractivity contribution in [2.75, 3.05) is 30.0 Å². The van der Waals surface area contributed by atoms with Crippen LogP contribution in [0, 0.1) is 0 Å². The van der Waals surface area contributed by atoms with Crippen molar-refractivity contribution in [3.8, 4) is 11.5 Å². The lowest BCUT2D eigenvalue weighted by atomic mass is 10.2. The Morgan fingerprint density at radius 2 is 2.07 bits per heavy atom. The lowest BCUT2D eigenvalue weighted by Gasteiger charge is -2.29. The van der Waals surface area contributed by atoms with Crippen LogP contribution in [0.3, 0.4) is 0 Å². The highest BCUT2D eigenvalue weighted by atomic mass is 16.5. The minimum atomic E-state index is -0.262. The van der Waals surface area contributed by atoms with Gasteiger partial charge in [-0.2, -0.15) is 0 Å². The van der Waals surface area contributed by atoms with Gasteiger partial charge in [0.05, 0.1) is 5.69 Å². The van der Waals surface area contributed by atoms with E-state index in [0.29, 0.717) is 29.4 Å². The van der Waals surface area contributed by atoms with Gasteiger partial charge < -0.3 is 19.7 Å². The summed E-state index contributed by atoms with van der Waals surface area (Å²) >= 11 is 0. The summed E-state index contributed by atoms with van der Waals surface area (Å²) in [6.07, 6.45) is 1.75. The van der Waals surface area contributed by atoms with Gasteiger partial charge in [-0.05, 0) is 48.7 Å². The lowest BCUT2D eigenvalue weighted by molar-refractivity contribution is -0.121. The second-order valence-corrected chi connectivity index (χ2v) is 6.35. The minimum absolute atomic E-state index is 0.0450. The van der Waals surface area contributed by atoms with Crippen LogP contribution in [0.15, 0.2) is 42.5 Å². The first-order chi connectivity index (χ1) is 13.1. The van der Waals surface area contributed by atoms with Crippen molar-refractivity contribution in [1.82, 2.24) is 0 Å². The molecule has 6 heteroatoms. The van der Waals surface area contributed by atoms with Gasteiger partial charge in [0, 0.05) is 12.2 Å². The molecule has 0 spiro atoms. The number of anilines is 2. The molecular weight excluding hydrogens is 344 g/mol. The average Bonchev–Trinajstić information content (AvgIpc) is 2.69. The number of rotatable bonds is 7. The SMILES string of the molecule is CCCN1C(=O)COc2ccc(NC(=O)COc3cccc(CC)c3)cc21. The van der Waals surface area contributed by atoms with Crippen LogP contribution in [0.5, 0.6) is 11.5 Å². The molecule has 0 saturated heterocycles. The van der Waals surface area contributed by atoms with Crippen LogP contribution in [0.1, 0.15) is 25.8 Å². The van der Waals surface area contributed by atoms with Gasteiger partial charge in [0.15, 0.2) is 13.2 Å². The number of carbonyl (C=O) groups is 2. The summed E-state index contributed by atoms with van der Waals surface area (Å²) in [4.78, 5) is 26.0. The monoisotopic (exact) mass is 368 g/mol. The average molecular weight is 368 g/mol. The van der Waals surface area contributed by atoms with E-state index in [1.165, 1.54) is 0 Å². The van der Waals surface area contributed by atoms with E-state index in [1.807, 2.05) is 31.2 Å². The maximum Gasteiger partial charge on any atom is 0.265 e. The number of fused-ring (bicyclic) bond motifs is 1. The molecule has 0 fully saturated rings. The zero-order valence-corrected chi connectivity index (χ0v) is 15.7. The van der Waals surface area contributed by atoms with E-state index in [-0.39, 0.29) is 25.0 Å². The van der Waals surface area contributed by atoms with Crippen molar-refractivity contribution in [1.29, 1.82) is 0 Å². The minimum Gasteiger partial charge on any atom is -0.484 e. The predicted octanol–water partition coefficient (Wildman–Crippen LogP) is 3.40. The zero-order valence-electron chi connectivity index (χ0n) is 15.7. The molecule has 27 heavy (non-hydrogen) atoms. The number of hydrogen-bond acceptors (Lipinski definition) is 4. The lowest BCUT2D eigenvalue weighted by Crippen LogP contribution is -2.39. The summed E-state index contributed by atoms with van der Waals surface area (Å²) in [5, 5.41) is 2.81. The van der Waals surface area contributed by atoms with Gasteiger partial charge in [-0.1, -0.05) is 26.0 Å². The molecule has 142 valence electrons. The van der Waals surface area contributed by atoms with Gasteiger partial charge in [-0.3, -0.25) is 9.59 Å². The summed E-state index contributed by atoms with van der Waals surface area (Å²) in [6.45, 7) is 4.66. The van der Waals surface area contributed by atoms with Crippen molar-refractivity contribution < 1.29 is 19.1 Å². The van der Waals surface area contributed by atoms with Gasteiger partial charge in [0.1, 0.15) is 11.5 Å². The van der Waals surface area contributed by atoms with Gasteiger partial charge in [0.2, 0.25) is 0 Å². The van der Waals surface area contributed by atoms with Crippen LogP contribution in [-0.2, 0) is 16.0 Å². The Kier molecular flexibility index (Phi) is 5.96. The Morgan fingerprint density at radius 3 is 2.85 bits per heavy atom. The fourth-order valence-electron chi connectivity index (χ4n) is 2.95. The molecule has 6 nitrogen and oxygen atoms in total. The second kappa shape index (κ2) is 8.58. The molecule has 0 radical (unpaired) electrons. The van der Waals surface area contributed by atoms with Crippen LogP contribution in [-0.4, -0.2) is 31.6 Å². The van der Waals surface area contributed by atoms with E-state index >= 15 is 0 Å². The molecule has 1 N–H and O–H groups in total. The van der Waals surface area contributed by atoms with Gasteiger partial charge >= 0.3 is 0 Å². The Hall–Kier alpha value is -3.02. The topological polar surface area (TPSA) is 67.9 Å². The van der Waals surface area contributed by atoms with Crippen LogP contribution in [0.2, 0.25) is 0 Å². The number of nitrogens with one attached hydrogen (secondary N) is 1. The van der Waals surface area contributed by atoms with E-state index in [1.54, 1.807) is 23.1 Å². The number of nitrogens with zero attached hydrogens (tertiary/aromatic N) is 1. The molecule has 2 aromatic carbocycles. The molecule has 1 aliphatic heterocycles. The van der Waals surface area contributed by atoms with Gasteiger partial charge in [-0.15, -0.1) is 0 Å². The van der Waals surface area contributed by atoms with E-state index in [0.717, 1.165) is 18.4 Å². The number of carbonyl (C=O) groups excluding carboxylic acids is 2. The van der Waals surface area contributed by atoms with Crippen molar-refractivity contribution in [3.05, 3.63) is 48.0 Å². The van der Waals surface area contributed by atoms with E-state index < -0.39 is 0 Å². The van der Waals surface area contributed by atoms with Crippen molar-refractivity contribution >= 4 is 23.2 Å². The molecule has 1 heterocycles. The largest absolute Gasteiger partial charge is 0.484 e. The molecule has 0 bridgehead atoms. The molecule has 0 aromatic heterocycles. The predicted molar refractivity (Wildman–Crippen MR) is 105 cm³/mol. The van der Waals surface area contributed by atoms with Crippen LogP contribution < -0.4 is 19.7 Å². The van der Waals surface area contributed by atoms with Crippen LogP contribution in [0.25, 0.3) is 0 Å². The van der Waals surface area contributed by atoms with E-state index in [2.05, 4.69) is 12.2 Å². The summed E-state index contributed by atoms with van der Waals surface area (Å²) in [5.41, 5.74) is 2.44. The third-order valence-electron chi connectivity index (χ3n) is 4.31. The maximum atomic E-state index is 12.2. The van der Waals surface area contributed by atoms with Crippen LogP contribution >= 0.6 is 0 Å². The highest BCUT2D eigenvalue weighted by Crippen LogP contribution is 2.34. The Morgan fingerprint density at radius 1 is 1.22 bits per heavy atom. The maximum absolute atomic E-state index is 12.2. The summed E-state index contributed by atoms with van der Waals surface area (Å²) in [5.74, 6) is 0.977. The second-order valence-electron chi connectivity index (χ2n) is 6.35. The fraction of sp³-hybridized carbons (Fsp3) is 0.333. The summed E-state index contributed by atoms with van der Waals surface area (Å²) < 4.78 is 11.0. The van der Waals surface area contributed by atoms with Gasteiger partial charge in [0.25, 0.3) is 11.8 Å². The number of ether oxygens (including phenoxy) is 2. The van der Waals surface area contributed by atoms with E-state index in [9.17, 15) is 9.59 Å². The Bertz CT molecular complexity index is 835. The molecule has 1 aliphatic rings. The van der Waals surface area contributed by atoms with Crippen molar-refractivity contribution in [3.63, 3.8) is 0 Å². The normalized spacial score (nSPS) is 13.0. The zero-order chi connectivity index (χ0) is 19.2. The number of aryl methyl sites for hydroxylation is 1. The van der Waals surface area contributed by atoms with Gasteiger partial charge in [-0.25, -0.2) is 0 Å². The third-order valence-corrected chi connectivity index (χ3v) is 4.31. The molecular formula is C21H24N2O4. The van der Waals surface area contributed by atoms with Crippen LogP contribution in [0.4, 0.5) is 11.4 Å². The molecule has 2 amide bonds. The molecule has 0 unspecified atom stereocenters. The first-order valence-corrected chi connectivity index (χ1v) is 9.19. The standard InChI is InChI=1S/C21H24N2O4/c1-3-10-23-18-12-16(8-9-19(18)27-14-21(23)25)22-20(24)13-26-17-7-5-6-15(4-2)11-17/h5-9,11-12H,3-4,10,13-14H2,1-2H3,(H,22,24). The number of hydrogen-bond donors (Lipinski definition) is 1. The highest BCUT2D eigenvalue weighted by Gasteiger charge is 2.25. The van der Waals surface area contributed by atoms with E-state index in [4.69, 9.17) is 9.47 Å². The Labute approximate surface area is 159 Å². The molecule has 0 atom stereocenters. The quantitative estimate of drug-likeness (QED) is 0.813. The third kappa shape index (κ3) is 4.58. The first-order valence-electron chi connectivity index (χ1n) is 9.19. The smallest absolute Gasteiger partial charge is 0.265 e. The molecule has 0 saturated carbocycles. The molecule has 0 aliphatic carbocycles. The summed E-state index contributed by atoms with van der Waals surface area (Å²) in [7, 11) is 0. The Balaban J connectivity index is 1.65. The molecule has 2 aromatic rings. The fourth-order valence-corrected chi connectivity index (χ4v) is 2.95. The summed E-state index contributed by atoms with van der Waals surface area (Å²) in [6, 6.07) is 13.0. The van der Waals surface area contributed by atoms with Crippen molar-refractivity contribution in [2.45, 2.75) is 26.7 Å². The first kappa shape index (κ1) is 18.8. The highest BCUT2D eigenvalue weighted by molar-refractivity contribution is 5.99. The number of amides is 2.